The van der Waals surface area contributed by atoms with Gasteiger partial charge in [0, 0.05) is 36.6 Å². The van der Waals surface area contributed by atoms with Gasteiger partial charge in [-0.2, -0.15) is 0 Å². The topological polar surface area (TPSA) is 106 Å². The van der Waals surface area contributed by atoms with Gasteiger partial charge in [0.15, 0.2) is 5.16 Å². The molecule has 10 heteroatoms. The highest BCUT2D eigenvalue weighted by Crippen LogP contribution is 2.32. The molecule has 0 radical (unpaired) electrons. The Hall–Kier alpha value is -3.40. The summed E-state index contributed by atoms with van der Waals surface area (Å²) < 4.78 is 2.00. The van der Waals surface area contributed by atoms with E-state index in [1.165, 1.54) is 41.6 Å². The van der Waals surface area contributed by atoms with E-state index in [0.717, 1.165) is 24.7 Å². The molecule has 1 amide bonds. The van der Waals surface area contributed by atoms with Gasteiger partial charge in [0.1, 0.15) is 0 Å². The highest BCUT2D eigenvalue weighted by atomic mass is 32.2. The van der Waals surface area contributed by atoms with E-state index >= 15 is 0 Å². The lowest BCUT2D eigenvalue weighted by molar-refractivity contribution is -0.384. The molecule has 0 bridgehead atoms. The average Bonchev–Trinajstić information content (AvgIpc) is 3.30. The molecule has 29 heavy (non-hydrogen) atoms. The summed E-state index contributed by atoms with van der Waals surface area (Å²) in [6.45, 7) is 3.60. The van der Waals surface area contributed by atoms with Crippen LogP contribution in [0.2, 0.25) is 0 Å². The summed E-state index contributed by atoms with van der Waals surface area (Å²) in [4.78, 5) is 24.5. The Morgan fingerprint density at radius 3 is 2.55 bits per heavy atom. The zero-order valence-electron chi connectivity index (χ0n) is 15.6. The number of amides is 1. The molecule has 0 saturated carbocycles. The molecule has 4 rings (SSSR count). The van der Waals surface area contributed by atoms with Crippen LogP contribution in [0.15, 0.2) is 53.7 Å². The minimum absolute atomic E-state index is 0.0190. The number of nitro benzene ring substituents is 1. The van der Waals surface area contributed by atoms with Crippen molar-refractivity contribution in [1.29, 1.82) is 0 Å². The number of carbonyl (C=O) groups excluding carboxylic acids is 1. The van der Waals surface area contributed by atoms with Crippen LogP contribution in [0.25, 0.3) is 0 Å². The quantitative estimate of drug-likeness (QED) is 0.377. The monoisotopic (exact) mass is 410 g/mol. The van der Waals surface area contributed by atoms with Gasteiger partial charge in [0.25, 0.3) is 5.69 Å². The number of nitro groups is 1. The van der Waals surface area contributed by atoms with Gasteiger partial charge in [0.2, 0.25) is 11.9 Å². The number of hydrogen-bond donors (Lipinski definition) is 1. The number of anilines is 3. The summed E-state index contributed by atoms with van der Waals surface area (Å²) in [5, 5.41) is 22.6. The number of carbonyl (C=O) groups is 1. The lowest BCUT2D eigenvalue weighted by Gasteiger charge is -2.15. The number of aryl methyl sites for hydroxylation is 1. The second-order valence-electron chi connectivity index (χ2n) is 6.56. The number of nitrogens with one attached hydrogen (secondary N) is 1. The molecule has 1 N–H and O–H groups in total. The smallest absolute Gasteiger partial charge is 0.269 e. The van der Waals surface area contributed by atoms with E-state index < -0.39 is 4.92 Å². The Labute approximate surface area is 170 Å². The molecule has 9 nitrogen and oxygen atoms in total. The molecule has 0 spiro atoms. The normalized spacial score (nSPS) is 12.7. The van der Waals surface area contributed by atoms with Crippen molar-refractivity contribution in [3.8, 4) is 0 Å². The maximum atomic E-state index is 12.2. The first-order valence-electron chi connectivity index (χ1n) is 8.96. The molecule has 0 aliphatic carbocycles. The molecule has 1 aliphatic rings. The van der Waals surface area contributed by atoms with Crippen molar-refractivity contribution in [2.24, 2.45) is 0 Å². The Kier molecular flexibility index (Phi) is 5.17. The van der Waals surface area contributed by atoms with Gasteiger partial charge < -0.3 is 10.2 Å². The fourth-order valence-electron chi connectivity index (χ4n) is 3.05. The summed E-state index contributed by atoms with van der Waals surface area (Å²) in [5.74, 6) is 0.723. The molecule has 0 atom stereocenters. The minimum atomic E-state index is -0.479. The number of nitrogens with zero attached hydrogens (tertiary/aromatic N) is 5. The second-order valence-corrected chi connectivity index (χ2v) is 7.50. The van der Waals surface area contributed by atoms with Crippen LogP contribution in [-0.4, -0.2) is 37.9 Å². The van der Waals surface area contributed by atoms with Crippen molar-refractivity contribution < 1.29 is 9.72 Å². The van der Waals surface area contributed by atoms with Crippen molar-refractivity contribution in [3.05, 3.63) is 64.2 Å². The first-order valence-corrected chi connectivity index (χ1v) is 9.94. The summed E-state index contributed by atoms with van der Waals surface area (Å²) in [7, 11) is 0. The molecule has 0 unspecified atom stereocenters. The molecule has 2 aromatic carbocycles. The van der Waals surface area contributed by atoms with E-state index in [9.17, 15) is 14.9 Å². The molecule has 2 heterocycles. The van der Waals surface area contributed by atoms with Gasteiger partial charge in [-0.15, -0.1) is 10.2 Å². The number of hydrogen-bond acceptors (Lipinski definition) is 7. The number of thioether (sulfide) groups is 1. The third-order valence-corrected chi connectivity index (χ3v) is 5.49. The fourth-order valence-corrected chi connectivity index (χ4v) is 3.81. The molecule has 1 aliphatic heterocycles. The molecule has 148 valence electrons. The Morgan fingerprint density at radius 1 is 1.14 bits per heavy atom. The van der Waals surface area contributed by atoms with Crippen LogP contribution in [0.1, 0.15) is 5.56 Å². The van der Waals surface area contributed by atoms with Gasteiger partial charge in [0.05, 0.1) is 10.7 Å². The molecule has 0 fully saturated rings. The number of non-ortho nitro benzene ring substituents is 1. The highest BCUT2D eigenvalue weighted by molar-refractivity contribution is 7.99. The number of fused-ring (bicyclic) bond motifs is 1. The fraction of sp³-hybridized carbons (Fsp3) is 0.211. The summed E-state index contributed by atoms with van der Waals surface area (Å²) >= 11 is 1.31. The van der Waals surface area contributed by atoms with E-state index in [1.807, 2.05) is 11.5 Å². The maximum Gasteiger partial charge on any atom is 0.269 e. The molecule has 1 aromatic heterocycles. The molecule has 3 aromatic rings. The summed E-state index contributed by atoms with van der Waals surface area (Å²) in [6.07, 6.45) is 0. The lowest BCUT2D eigenvalue weighted by atomic mass is 10.2. The highest BCUT2D eigenvalue weighted by Gasteiger charge is 2.26. The Bertz CT molecular complexity index is 1050. The van der Waals surface area contributed by atoms with Crippen molar-refractivity contribution >= 4 is 40.7 Å². The SMILES string of the molecule is Cc1ccc(N2CCn3c(SCC(=O)Nc4ccc([N+](=O)[O-])cc4)nnc32)cc1. The first kappa shape index (κ1) is 18.9. The van der Waals surface area contributed by atoms with Gasteiger partial charge in [-0.05, 0) is 31.2 Å². The van der Waals surface area contributed by atoms with Crippen LogP contribution >= 0.6 is 11.8 Å². The van der Waals surface area contributed by atoms with Crippen LogP contribution in [0, 0.1) is 17.0 Å². The molecular formula is C19H18N6O3S. The van der Waals surface area contributed by atoms with Crippen molar-refractivity contribution in [3.63, 3.8) is 0 Å². The van der Waals surface area contributed by atoms with Gasteiger partial charge in [-0.3, -0.25) is 19.5 Å². The second kappa shape index (κ2) is 7.92. The Morgan fingerprint density at radius 2 is 1.86 bits per heavy atom. The summed E-state index contributed by atoms with van der Waals surface area (Å²) in [5.41, 5.74) is 2.76. The van der Waals surface area contributed by atoms with Crippen molar-refractivity contribution in [2.45, 2.75) is 18.6 Å². The molecule has 0 saturated heterocycles. The van der Waals surface area contributed by atoms with E-state index in [0.29, 0.717) is 10.8 Å². The zero-order chi connectivity index (χ0) is 20.4. The third-order valence-electron chi connectivity index (χ3n) is 4.53. The maximum absolute atomic E-state index is 12.2. The number of aromatic nitrogens is 3. The zero-order valence-corrected chi connectivity index (χ0v) is 16.4. The minimum Gasteiger partial charge on any atom is -0.325 e. The lowest BCUT2D eigenvalue weighted by Crippen LogP contribution is -2.14. The number of benzene rings is 2. The average molecular weight is 410 g/mol. The number of rotatable bonds is 6. The standard InChI is InChI=1S/C19H18N6O3S/c1-13-2-6-15(7-3-13)23-10-11-24-18(23)21-22-19(24)29-12-17(26)20-14-4-8-16(9-5-14)25(27)28/h2-9H,10-12H2,1H3,(H,20,26). The van der Waals surface area contributed by atoms with E-state index in [2.05, 4.69) is 44.7 Å². The van der Waals surface area contributed by atoms with Gasteiger partial charge >= 0.3 is 0 Å². The third kappa shape index (κ3) is 4.06. The van der Waals surface area contributed by atoms with Crippen LogP contribution < -0.4 is 10.2 Å². The van der Waals surface area contributed by atoms with E-state index in [1.54, 1.807) is 0 Å². The van der Waals surface area contributed by atoms with Crippen LogP contribution in [-0.2, 0) is 11.3 Å². The van der Waals surface area contributed by atoms with Crippen LogP contribution in [0.3, 0.4) is 0 Å². The van der Waals surface area contributed by atoms with Crippen molar-refractivity contribution in [1.82, 2.24) is 14.8 Å². The Balaban J connectivity index is 1.37. The predicted molar refractivity (Wildman–Crippen MR) is 111 cm³/mol. The first-order chi connectivity index (χ1) is 14.0. The van der Waals surface area contributed by atoms with Gasteiger partial charge in [-0.25, -0.2) is 0 Å². The summed E-state index contributed by atoms with van der Waals surface area (Å²) in [6, 6.07) is 14.0. The van der Waals surface area contributed by atoms with E-state index in [-0.39, 0.29) is 17.3 Å². The van der Waals surface area contributed by atoms with Crippen LogP contribution in [0.4, 0.5) is 23.0 Å². The largest absolute Gasteiger partial charge is 0.325 e. The van der Waals surface area contributed by atoms with Gasteiger partial charge in [-0.1, -0.05) is 29.5 Å². The van der Waals surface area contributed by atoms with Crippen LogP contribution in [0.5, 0.6) is 0 Å². The molecular weight excluding hydrogens is 392 g/mol. The van der Waals surface area contributed by atoms with Crippen molar-refractivity contribution in [2.75, 3.05) is 22.5 Å². The predicted octanol–water partition coefficient (Wildman–Crippen LogP) is 3.38. The van der Waals surface area contributed by atoms with E-state index in [4.69, 9.17) is 0 Å².